The molecule has 2 aromatic rings. The van der Waals surface area contributed by atoms with Gasteiger partial charge < -0.3 is 0 Å². The monoisotopic (exact) mass is 233 g/mol. The van der Waals surface area contributed by atoms with Gasteiger partial charge in [-0.15, -0.1) is 0 Å². The van der Waals surface area contributed by atoms with Crippen LogP contribution in [0, 0.1) is 4.77 Å². The maximum absolute atomic E-state index is 11.6. The molecule has 0 radical (unpaired) electrons. The van der Waals surface area contributed by atoms with Crippen LogP contribution in [0.2, 0.25) is 0 Å². The smallest absolute Gasteiger partial charge is 0.272 e. The molecule has 0 atom stereocenters. The Morgan fingerprint density at radius 3 is 2.31 bits per heavy atom. The zero-order valence-corrected chi connectivity index (χ0v) is 9.38. The number of hydrogen-bond acceptors (Lipinski definition) is 2. The molecule has 82 valence electrons. The third kappa shape index (κ3) is 1.36. The van der Waals surface area contributed by atoms with Crippen LogP contribution in [0.1, 0.15) is 17.2 Å². The Hall–Kier alpha value is -1.62. The number of aromatic amines is 2. The molecule has 1 aromatic carbocycles. The fraction of sp³-hybridized carbons (Fsp3) is 0.273. The summed E-state index contributed by atoms with van der Waals surface area (Å²) in [5.74, 6) is 0. The highest BCUT2D eigenvalue weighted by Gasteiger charge is 2.24. The summed E-state index contributed by atoms with van der Waals surface area (Å²) in [6, 6.07) is 8.43. The lowest BCUT2D eigenvalue weighted by atomic mass is 10.1. The van der Waals surface area contributed by atoms with Gasteiger partial charge in [-0.05, 0) is 36.2 Å². The van der Waals surface area contributed by atoms with Crippen molar-refractivity contribution in [3.63, 3.8) is 0 Å². The molecule has 1 heterocycles. The van der Waals surface area contributed by atoms with Gasteiger partial charge in [0.2, 0.25) is 0 Å². The van der Waals surface area contributed by atoms with E-state index in [0.717, 1.165) is 12.8 Å². The molecular weight excluding hydrogens is 222 g/mol. The van der Waals surface area contributed by atoms with Crippen LogP contribution in [0.25, 0.3) is 0 Å². The average molecular weight is 233 g/mol. The van der Waals surface area contributed by atoms with E-state index in [1.165, 1.54) is 11.1 Å². The minimum Gasteiger partial charge on any atom is -0.272 e. The Balaban J connectivity index is 2.04. The molecule has 0 unspecified atom stereocenters. The van der Waals surface area contributed by atoms with E-state index in [-0.39, 0.29) is 11.7 Å². The van der Waals surface area contributed by atoms with Crippen LogP contribution in [0.5, 0.6) is 0 Å². The molecule has 3 rings (SSSR count). The second-order valence-corrected chi connectivity index (χ2v) is 4.45. The van der Waals surface area contributed by atoms with Gasteiger partial charge in [-0.25, -0.2) is 9.89 Å². The minimum absolute atomic E-state index is 0.150. The van der Waals surface area contributed by atoms with Crippen molar-refractivity contribution in [2.45, 2.75) is 18.9 Å². The van der Waals surface area contributed by atoms with Gasteiger partial charge in [0.25, 0.3) is 0 Å². The highest BCUT2D eigenvalue weighted by atomic mass is 32.1. The van der Waals surface area contributed by atoms with Crippen molar-refractivity contribution < 1.29 is 0 Å². The number of fused-ring (bicyclic) bond motifs is 1. The summed E-state index contributed by atoms with van der Waals surface area (Å²) in [7, 11) is 0. The maximum atomic E-state index is 11.6. The van der Waals surface area contributed by atoms with Crippen LogP contribution < -0.4 is 5.69 Å². The van der Waals surface area contributed by atoms with E-state index < -0.39 is 0 Å². The lowest BCUT2D eigenvalue weighted by molar-refractivity contribution is 0.508. The van der Waals surface area contributed by atoms with Gasteiger partial charge in [0.05, 0.1) is 0 Å². The molecule has 0 saturated carbocycles. The van der Waals surface area contributed by atoms with E-state index in [2.05, 4.69) is 22.3 Å². The molecule has 1 aliphatic rings. The van der Waals surface area contributed by atoms with Gasteiger partial charge in [-0.3, -0.25) is 9.67 Å². The van der Waals surface area contributed by atoms with E-state index >= 15 is 0 Å². The van der Waals surface area contributed by atoms with E-state index in [0.29, 0.717) is 4.77 Å². The average Bonchev–Trinajstić information content (AvgIpc) is 2.82. The molecular formula is C11H11N3OS. The molecule has 0 bridgehead atoms. The second-order valence-electron chi connectivity index (χ2n) is 4.06. The van der Waals surface area contributed by atoms with E-state index in [4.69, 9.17) is 12.2 Å². The number of benzene rings is 1. The summed E-state index contributed by atoms with van der Waals surface area (Å²) in [5.41, 5.74) is 2.48. The normalized spacial score (nSPS) is 15.2. The maximum Gasteiger partial charge on any atom is 0.342 e. The summed E-state index contributed by atoms with van der Waals surface area (Å²) < 4.78 is 2.11. The number of nitrogens with zero attached hydrogens (tertiary/aromatic N) is 1. The van der Waals surface area contributed by atoms with Crippen LogP contribution >= 0.6 is 12.2 Å². The second kappa shape index (κ2) is 3.45. The minimum atomic E-state index is -0.150. The zero-order chi connectivity index (χ0) is 11.1. The lowest BCUT2D eigenvalue weighted by Crippen LogP contribution is -2.22. The first kappa shape index (κ1) is 9.59. The number of hydrogen-bond donors (Lipinski definition) is 2. The Labute approximate surface area is 96.9 Å². The first-order valence-corrected chi connectivity index (χ1v) is 5.62. The Kier molecular flexibility index (Phi) is 2.07. The lowest BCUT2D eigenvalue weighted by Gasteiger charge is -2.07. The van der Waals surface area contributed by atoms with Crippen molar-refractivity contribution >= 4 is 12.2 Å². The number of H-pyrrole nitrogens is 2. The largest absolute Gasteiger partial charge is 0.342 e. The van der Waals surface area contributed by atoms with Crippen LogP contribution in [-0.2, 0) is 12.8 Å². The third-order valence-electron chi connectivity index (χ3n) is 3.11. The third-order valence-corrected chi connectivity index (χ3v) is 3.41. The number of aromatic nitrogens is 3. The fourth-order valence-corrected chi connectivity index (χ4v) is 2.65. The van der Waals surface area contributed by atoms with Gasteiger partial charge in [0, 0.05) is 6.04 Å². The number of rotatable bonds is 1. The van der Waals surface area contributed by atoms with Crippen LogP contribution in [0.3, 0.4) is 0 Å². The van der Waals surface area contributed by atoms with Crippen molar-refractivity contribution in [2.24, 2.45) is 0 Å². The van der Waals surface area contributed by atoms with Crippen molar-refractivity contribution in [3.8, 4) is 0 Å². The first-order valence-electron chi connectivity index (χ1n) is 5.21. The molecule has 2 N–H and O–H groups in total. The van der Waals surface area contributed by atoms with E-state index in [1.54, 1.807) is 4.57 Å². The summed E-state index contributed by atoms with van der Waals surface area (Å²) in [6.07, 6.45) is 1.76. The molecule has 1 aromatic heterocycles. The predicted octanol–water partition coefficient (Wildman–Crippen LogP) is 1.57. The standard InChI is InChI=1S/C11H11N3OS/c15-10-12-13-11(16)14(10)9-5-7-3-1-2-4-8(7)6-9/h1-4,9H,5-6H2,(H,12,15)(H,13,16). The van der Waals surface area contributed by atoms with E-state index in [1.807, 2.05) is 12.1 Å². The molecule has 0 fully saturated rings. The van der Waals surface area contributed by atoms with Gasteiger partial charge in [0.1, 0.15) is 0 Å². The van der Waals surface area contributed by atoms with E-state index in [9.17, 15) is 4.79 Å². The van der Waals surface area contributed by atoms with Gasteiger partial charge >= 0.3 is 5.69 Å². The topological polar surface area (TPSA) is 53.6 Å². The van der Waals surface area contributed by atoms with Gasteiger partial charge in [-0.1, -0.05) is 24.3 Å². The summed E-state index contributed by atoms with van der Waals surface area (Å²) in [6.45, 7) is 0. The summed E-state index contributed by atoms with van der Waals surface area (Å²) in [4.78, 5) is 11.6. The van der Waals surface area contributed by atoms with Crippen LogP contribution in [-0.4, -0.2) is 14.8 Å². The molecule has 0 saturated heterocycles. The molecule has 0 spiro atoms. The van der Waals surface area contributed by atoms with Crippen molar-refractivity contribution in [2.75, 3.05) is 0 Å². The van der Waals surface area contributed by atoms with Crippen molar-refractivity contribution in [3.05, 3.63) is 50.6 Å². The Morgan fingerprint density at radius 1 is 1.19 bits per heavy atom. The molecule has 0 aliphatic heterocycles. The zero-order valence-electron chi connectivity index (χ0n) is 8.56. The fourth-order valence-electron chi connectivity index (χ4n) is 2.37. The Morgan fingerprint density at radius 2 is 1.81 bits per heavy atom. The highest BCUT2D eigenvalue weighted by molar-refractivity contribution is 7.71. The van der Waals surface area contributed by atoms with Gasteiger partial charge in [0.15, 0.2) is 4.77 Å². The van der Waals surface area contributed by atoms with Gasteiger partial charge in [-0.2, -0.15) is 0 Å². The molecule has 1 aliphatic carbocycles. The number of nitrogens with one attached hydrogen (secondary N) is 2. The molecule has 5 heteroatoms. The molecule has 16 heavy (non-hydrogen) atoms. The van der Waals surface area contributed by atoms with Crippen LogP contribution in [0.15, 0.2) is 29.1 Å². The summed E-state index contributed by atoms with van der Waals surface area (Å²) in [5, 5.41) is 5.20. The first-order chi connectivity index (χ1) is 7.75. The highest BCUT2D eigenvalue weighted by Crippen LogP contribution is 2.28. The van der Waals surface area contributed by atoms with Crippen LogP contribution in [0.4, 0.5) is 0 Å². The predicted molar refractivity (Wildman–Crippen MR) is 63.1 cm³/mol. The van der Waals surface area contributed by atoms with Crippen molar-refractivity contribution in [1.82, 2.24) is 14.8 Å². The van der Waals surface area contributed by atoms with Crippen molar-refractivity contribution in [1.29, 1.82) is 0 Å². The SMILES string of the molecule is O=c1[nH][nH]c(=S)n1C1Cc2ccccc2C1. The quantitative estimate of drug-likeness (QED) is 0.735. The molecule has 0 amide bonds. The molecule has 4 nitrogen and oxygen atoms in total. The summed E-state index contributed by atoms with van der Waals surface area (Å²) >= 11 is 5.10. The Bertz CT molecular complexity index is 584.